The van der Waals surface area contributed by atoms with Crippen molar-refractivity contribution < 1.29 is 23.2 Å². The Bertz CT molecular complexity index is 1220. The number of hydroxylamine groups is 1. The summed E-state index contributed by atoms with van der Waals surface area (Å²) in [6.07, 6.45) is 3.75. The summed E-state index contributed by atoms with van der Waals surface area (Å²) < 4.78 is 26.9. The number of nitrogens with zero attached hydrogens (tertiary/aromatic N) is 1. The molecule has 11 heteroatoms. The lowest BCUT2D eigenvalue weighted by Gasteiger charge is -2.49. The van der Waals surface area contributed by atoms with Crippen LogP contribution in [-0.4, -0.2) is 48.7 Å². The minimum Gasteiger partial charge on any atom is -0.326 e. The van der Waals surface area contributed by atoms with E-state index < -0.39 is 40.0 Å². The van der Waals surface area contributed by atoms with Gasteiger partial charge in [-0.15, -0.1) is 0 Å². The van der Waals surface area contributed by atoms with Gasteiger partial charge in [0.25, 0.3) is 11.8 Å². The summed E-state index contributed by atoms with van der Waals surface area (Å²) in [6.45, 7) is 0. The molecule has 0 bridgehead atoms. The molecule has 1 aliphatic carbocycles. The molecule has 3 N–H and O–H groups in total. The van der Waals surface area contributed by atoms with Gasteiger partial charge in [-0.2, -0.15) is 0 Å². The summed E-state index contributed by atoms with van der Waals surface area (Å²) in [5, 5.41) is 10.3. The Morgan fingerprint density at radius 3 is 2.47 bits per heavy atom. The molecule has 0 aromatic heterocycles. The Morgan fingerprint density at radius 2 is 1.79 bits per heavy atom. The van der Waals surface area contributed by atoms with Gasteiger partial charge >= 0.3 is 0 Å². The normalized spacial score (nSPS) is 25.1. The lowest BCUT2D eigenvalue weighted by Crippen LogP contribution is -2.59. The van der Waals surface area contributed by atoms with Gasteiger partial charge < -0.3 is 4.90 Å². The molecule has 1 saturated carbocycles. The number of carbonyl (C=O) groups is 2. The molecule has 2 aromatic carbocycles. The number of nitrogens with one attached hydrogen (secondary N) is 2. The maximum Gasteiger partial charge on any atom is 0.255 e. The SMILES string of the molecule is CS(=O)(=O)NC1CCCCC1N1C(=O)c2ccccc2C(C(=O)NO)C1c1ccc(Cl)cc1Cl. The van der Waals surface area contributed by atoms with Crippen LogP contribution >= 0.6 is 23.2 Å². The van der Waals surface area contributed by atoms with Gasteiger partial charge in [0.2, 0.25) is 10.0 Å². The zero-order chi connectivity index (χ0) is 24.6. The zero-order valence-electron chi connectivity index (χ0n) is 18.4. The van der Waals surface area contributed by atoms with Crippen LogP contribution in [0.3, 0.4) is 0 Å². The van der Waals surface area contributed by atoms with Crippen LogP contribution < -0.4 is 10.2 Å². The van der Waals surface area contributed by atoms with Crippen molar-refractivity contribution in [3.63, 3.8) is 0 Å². The van der Waals surface area contributed by atoms with Crippen LogP contribution in [0.15, 0.2) is 42.5 Å². The van der Waals surface area contributed by atoms with Gasteiger partial charge in [0.05, 0.1) is 18.2 Å². The molecule has 0 saturated heterocycles. The van der Waals surface area contributed by atoms with Gasteiger partial charge in [-0.25, -0.2) is 18.6 Å². The molecule has 4 atom stereocenters. The van der Waals surface area contributed by atoms with Crippen molar-refractivity contribution in [1.29, 1.82) is 0 Å². The highest BCUT2D eigenvalue weighted by molar-refractivity contribution is 7.88. The highest BCUT2D eigenvalue weighted by Gasteiger charge is 2.49. The van der Waals surface area contributed by atoms with Crippen LogP contribution in [0.1, 0.15) is 59.1 Å². The van der Waals surface area contributed by atoms with E-state index >= 15 is 0 Å². The van der Waals surface area contributed by atoms with Crippen molar-refractivity contribution in [3.05, 3.63) is 69.2 Å². The third kappa shape index (κ3) is 4.81. The molecule has 0 radical (unpaired) electrons. The Balaban J connectivity index is 1.94. The average Bonchev–Trinajstić information content (AvgIpc) is 2.78. The second kappa shape index (κ2) is 9.83. The minimum atomic E-state index is -3.55. The van der Waals surface area contributed by atoms with E-state index in [0.29, 0.717) is 34.6 Å². The largest absolute Gasteiger partial charge is 0.326 e. The van der Waals surface area contributed by atoms with Crippen LogP contribution in [0.4, 0.5) is 0 Å². The van der Waals surface area contributed by atoms with Crippen molar-refractivity contribution in [3.8, 4) is 0 Å². The number of sulfonamides is 1. The number of fused-ring (bicyclic) bond motifs is 1. The van der Waals surface area contributed by atoms with E-state index in [1.807, 2.05) is 0 Å². The lowest BCUT2D eigenvalue weighted by molar-refractivity contribution is -0.133. The quantitative estimate of drug-likeness (QED) is 0.407. The van der Waals surface area contributed by atoms with E-state index in [-0.39, 0.29) is 10.9 Å². The molecule has 2 aromatic rings. The predicted molar refractivity (Wildman–Crippen MR) is 129 cm³/mol. The Labute approximate surface area is 208 Å². The van der Waals surface area contributed by atoms with Gasteiger partial charge in [-0.05, 0) is 42.2 Å². The molecule has 0 spiro atoms. The summed E-state index contributed by atoms with van der Waals surface area (Å²) in [7, 11) is -3.55. The molecule has 2 amide bonds. The standard InChI is InChI=1S/C23H25Cl2N3O5S/c1-34(32,33)27-18-8-4-5-9-19(18)28-21(16-11-10-13(24)12-17(16)25)20(22(29)26-31)14-6-2-3-7-15(14)23(28)30/h2-3,6-7,10-12,18-21,27,31H,4-5,8-9H2,1H3,(H,26,29). The number of amides is 2. The lowest BCUT2D eigenvalue weighted by atomic mass is 9.76. The summed E-state index contributed by atoms with van der Waals surface area (Å²) >= 11 is 12.7. The van der Waals surface area contributed by atoms with Crippen LogP contribution in [0.5, 0.6) is 0 Å². The van der Waals surface area contributed by atoms with Crippen molar-refractivity contribution >= 4 is 45.0 Å². The van der Waals surface area contributed by atoms with E-state index in [1.54, 1.807) is 46.8 Å². The van der Waals surface area contributed by atoms with E-state index in [4.69, 9.17) is 23.2 Å². The summed E-state index contributed by atoms with van der Waals surface area (Å²) in [6, 6.07) is 9.56. The van der Waals surface area contributed by atoms with Crippen molar-refractivity contribution in [2.24, 2.45) is 0 Å². The molecule has 34 heavy (non-hydrogen) atoms. The number of hydrogen-bond acceptors (Lipinski definition) is 5. The van der Waals surface area contributed by atoms with Gasteiger partial charge in [0, 0.05) is 27.7 Å². The number of hydrogen-bond donors (Lipinski definition) is 3. The van der Waals surface area contributed by atoms with Crippen molar-refractivity contribution in [1.82, 2.24) is 15.1 Å². The molecule has 1 fully saturated rings. The highest BCUT2D eigenvalue weighted by Crippen LogP contribution is 2.47. The number of rotatable bonds is 5. The van der Waals surface area contributed by atoms with Crippen LogP contribution in [0.2, 0.25) is 10.0 Å². The molecule has 4 rings (SSSR count). The molecule has 8 nitrogen and oxygen atoms in total. The monoisotopic (exact) mass is 525 g/mol. The fourth-order valence-electron chi connectivity index (χ4n) is 5.20. The molecule has 4 unspecified atom stereocenters. The summed E-state index contributed by atoms with van der Waals surface area (Å²) in [5.41, 5.74) is 2.99. The Morgan fingerprint density at radius 1 is 1.09 bits per heavy atom. The summed E-state index contributed by atoms with van der Waals surface area (Å²) in [4.78, 5) is 28.6. The second-order valence-corrected chi connectivity index (χ2v) is 11.3. The van der Waals surface area contributed by atoms with E-state index in [9.17, 15) is 23.2 Å². The molecular formula is C23H25Cl2N3O5S. The third-order valence-corrected chi connectivity index (χ3v) is 7.80. The first kappa shape index (κ1) is 24.9. The molecule has 1 aliphatic heterocycles. The maximum atomic E-state index is 13.9. The molecule has 2 aliphatic rings. The fraction of sp³-hybridized carbons (Fsp3) is 0.391. The average molecular weight is 526 g/mol. The molecule has 182 valence electrons. The first-order valence-electron chi connectivity index (χ1n) is 10.9. The van der Waals surface area contributed by atoms with Crippen LogP contribution in [0, 0.1) is 0 Å². The van der Waals surface area contributed by atoms with E-state index in [1.165, 1.54) is 6.07 Å². The first-order chi connectivity index (χ1) is 16.1. The second-order valence-electron chi connectivity index (χ2n) is 8.71. The zero-order valence-corrected chi connectivity index (χ0v) is 20.7. The van der Waals surface area contributed by atoms with Gasteiger partial charge in [0.15, 0.2) is 0 Å². The van der Waals surface area contributed by atoms with Crippen molar-refractivity contribution in [2.45, 2.75) is 49.7 Å². The van der Waals surface area contributed by atoms with Gasteiger partial charge in [-0.1, -0.05) is 60.3 Å². The summed E-state index contributed by atoms with van der Waals surface area (Å²) in [5.74, 6) is -2.02. The Kier molecular flexibility index (Phi) is 7.21. The highest BCUT2D eigenvalue weighted by atomic mass is 35.5. The molecular weight excluding hydrogens is 501 g/mol. The van der Waals surface area contributed by atoms with Crippen LogP contribution in [-0.2, 0) is 14.8 Å². The number of halogens is 2. The number of carbonyl (C=O) groups excluding carboxylic acids is 2. The van der Waals surface area contributed by atoms with Crippen molar-refractivity contribution in [2.75, 3.05) is 6.26 Å². The smallest absolute Gasteiger partial charge is 0.255 e. The predicted octanol–water partition coefficient (Wildman–Crippen LogP) is 3.64. The third-order valence-electron chi connectivity index (χ3n) is 6.50. The van der Waals surface area contributed by atoms with Gasteiger partial charge in [-0.3, -0.25) is 14.8 Å². The van der Waals surface area contributed by atoms with Gasteiger partial charge in [0.1, 0.15) is 0 Å². The minimum absolute atomic E-state index is 0.258. The topological polar surface area (TPSA) is 116 Å². The number of benzene rings is 2. The van der Waals surface area contributed by atoms with E-state index in [0.717, 1.165) is 19.1 Å². The first-order valence-corrected chi connectivity index (χ1v) is 13.5. The van der Waals surface area contributed by atoms with Crippen LogP contribution in [0.25, 0.3) is 0 Å². The fourth-order valence-corrected chi connectivity index (χ4v) is 6.54. The Hall–Kier alpha value is -2.17. The maximum absolute atomic E-state index is 13.9. The molecule has 1 heterocycles. The van der Waals surface area contributed by atoms with E-state index in [2.05, 4.69) is 4.72 Å².